The summed E-state index contributed by atoms with van der Waals surface area (Å²) in [4.78, 5) is 16.7. The maximum absolute atomic E-state index is 10.6. The number of aliphatic hydroxyl groups excluding tert-OH is 1. The molecule has 0 amide bonds. The fraction of sp³-hybridized carbons (Fsp3) is 0.556. The number of thiazole rings is 1. The molecule has 0 bridgehead atoms. The van der Waals surface area contributed by atoms with Crippen molar-refractivity contribution >= 4 is 34.4 Å². The van der Waals surface area contributed by atoms with Gasteiger partial charge in [0, 0.05) is 20.7 Å². The molecule has 0 saturated carbocycles. The molecule has 1 N–H and O–H groups in total. The summed E-state index contributed by atoms with van der Waals surface area (Å²) >= 11 is 6.93. The van der Waals surface area contributed by atoms with Crippen molar-refractivity contribution in [1.82, 2.24) is 4.98 Å². The second-order valence-corrected chi connectivity index (χ2v) is 4.63. The fourth-order valence-corrected chi connectivity index (χ4v) is 2.21. The fourth-order valence-electron chi connectivity index (χ4n) is 1.18. The van der Waals surface area contributed by atoms with E-state index in [2.05, 4.69) is 4.98 Å². The Morgan fingerprint density at radius 1 is 1.75 bits per heavy atom. The number of hydrogen-bond donors (Lipinski definition) is 1. The number of halogens is 1. The lowest BCUT2D eigenvalue weighted by atomic mass is 10.3. The number of nitrogens with zero attached hydrogens (tertiary/aromatic N) is 2. The third kappa shape index (κ3) is 3.41. The van der Waals surface area contributed by atoms with Crippen molar-refractivity contribution in [3.05, 3.63) is 10.0 Å². The van der Waals surface area contributed by atoms with Crippen molar-refractivity contribution in [2.75, 3.05) is 32.2 Å². The number of ether oxygens (including phenoxy) is 1. The number of aldehydes is 1. The molecule has 0 aliphatic rings. The molecule has 5 nitrogen and oxygen atoms in total. The van der Waals surface area contributed by atoms with Crippen LogP contribution >= 0.6 is 22.9 Å². The van der Waals surface area contributed by atoms with Crippen LogP contribution < -0.4 is 4.90 Å². The normalized spacial score (nSPS) is 12.5. The Morgan fingerprint density at radius 3 is 2.94 bits per heavy atom. The molecule has 7 heteroatoms. The molecule has 0 radical (unpaired) electrons. The van der Waals surface area contributed by atoms with Gasteiger partial charge >= 0.3 is 0 Å². The van der Waals surface area contributed by atoms with E-state index in [1.807, 2.05) is 0 Å². The highest BCUT2D eigenvalue weighted by Gasteiger charge is 2.14. The van der Waals surface area contributed by atoms with Gasteiger partial charge in [0.2, 0.25) is 0 Å². The summed E-state index contributed by atoms with van der Waals surface area (Å²) in [6, 6.07) is 0. The molecule has 1 rings (SSSR count). The summed E-state index contributed by atoms with van der Waals surface area (Å²) in [7, 11) is 3.29. The number of hydrogen-bond acceptors (Lipinski definition) is 6. The molecule has 0 aliphatic heterocycles. The zero-order valence-electron chi connectivity index (χ0n) is 9.01. The first-order valence-electron chi connectivity index (χ1n) is 4.58. The molecule has 1 heterocycles. The minimum Gasteiger partial charge on any atom is -0.389 e. The van der Waals surface area contributed by atoms with E-state index in [0.717, 1.165) is 0 Å². The number of methoxy groups -OCH3 is 1. The summed E-state index contributed by atoms with van der Waals surface area (Å²) in [5.74, 6) is 0. The molecule has 16 heavy (non-hydrogen) atoms. The lowest BCUT2D eigenvalue weighted by molar-refractivity contribution is 0.0695. The van der Waals surface area contributed by atoms with Gasteiger partial charge in [-0.25, -0.2) is 4.98 Å². The molecule has 1 aromatic rings. The average molecular weight is 265 g/mol. The van der Waals surface area contributed by atoms with Crippen LogP contribution in [0.2, 0.25) is 5.15 Å². The van der Waals surface area contributed by atoms with E-state index in [4.69, 9.17) is 16.3 Å². The molecule has 0 aromatic carbocycles. The molecular weight excluding hydrogens is 252 g/mol. The summed E-state index contributed by atoms with van der Waals surface area (Å²) in [6.07, 6.45) is 0.0699. The van der Waals surface area contributed by atoms with Crippen LogP contribution in [0.4, 0.5) is 5.13 Å². The van der Waals surface area contributed by atoms with E-state index < -0.39 is 6.10 Å². The third-order valence-electron chi connectivity index (χ3n) is 1.88. The van der Waals surface area contributed by atoms with Gasteiger partial charge < -0.3 is 14.7 Å². The minimum absolute atomic E-state index is 0.197. The molecule has 0 fully saturated rings. The Morgan fingerprint density at radius 2 is 2.44 bits per heavy atom. The summed E-state index contributed by atoms with van der Waals surface area (Å²) in [5.41, 5.74) is 0. The number of aromatic nitrogens is 1. The van der Waals surface area contributed by atoms with Gasteiger partial charge in [0.25, 0.3) is 0 Å². The minimum atomic E-state index is -0.600. The summed E-state index contributed by atoms with van der Waals surface area (Å²) in [5, 5.41) is 10.3. The molecule has 1 aromatic heterocycles. The Balaban J connectivity index is 2.65. The van der Waals surface area contributed by atoms with Gasteiger partial charge in [-0.3, -0.25) is 4.79 Å². The molecule has 1 unspecified atom stereocenters. The number of carbonyl (C=O) groups excluding carboxylic acids is 1. The zero-order chi connectivity index (χ0) is 12.1. The van der Waals surface area contributed by atoms with Gasteiger partial charge in [-0.05, 0) is 0 Å². The summed E-state index contributed by atoms with van der Waals surface area (Å²) in [6.45, 7) is 0.625. The van der Waals surface area contributed by atoms with Crippen LogP contribution in [0.1, 0.15) is 9.67 Å². The van der Waals surface area contributed by atoms with Crippen LogP contribution in [0.15, 0.2) is 0 Å². The maximum atomic E-state index is 10.6. The lowest BCUT2D eigenvalue weighted by Crippen LogP contribution is -2.31. The van der Waals surface area contributed by atoms with E-state index >= 15 is 0 Å². The quantitative estimate of drug-likeness (QED) is 0.779. The van der Waals surface area contributed by atoms with Gasteiger partial charge in [0.05, 0.1) is 12.7 Å². The first-order chi connectivity index (χ1) is 7.58. The van der Waals surface area contributed by atoms with Gasteiger partial charge in [-0.2, -0.15) is 0 Å². The van der Waals surface area contributed by atoms with Crippen LogP contribution in [0.3, 0.4) is 0 Å². The monoisotopic (exact) mass is 264 g/mol. The highest BCUT2D eigenvalue weighted by molar-refractivity contribution is 7.17. The molecule has 0 spiro atoms. The van der Waals surface area contributed by atoms with Crippen LogP contribution in [-0.2, 0) is 4.74 Å². The highest BCUT2D eigenvalue weighted by Crippen LogP contribution is 2.27. The van der Waals surface area contributed by atoms with Crippen molar-refractivity contribution in [2.45, 2.75) is 6.10 Å². The SMILES string of the molecule is COCC(O)CN(C)c1nc(Cl)c(C=O)s1. The molecule has 1 atom stereocenters. The van der Waals surface area contributed by atoms with Crippen molar-refractivity contribution in [2.24, 2.45) is 0 Å². The van der Waals surface area contributed by atoms with Gasteiger partial charge in [-0.15, -0.1) is 0 Å². The van der Waals surface area contributed by atoms with Crippen LogP contribution in [0, 0.1) is 0 Å². The number of aliphatic hydroxyl groups is 1. The van der Waals surface area contributed by atoms with Crippen LogP contribution in [-0.4, -0.2) is 49.8 Å². The number of anilines is 1. The van der Waals surface area contributed by atoms with Crippen molar-refractivity contribution < 1.29 is 14.6 Å². The molecule has 0 saturated heterocycles. The van der Waals surface area contributed by atoms with Gasteiger partial charge in [0.1, 0.15) is 4.88 Å². The number of rotatable bonds is 6. The van der Waals surface area contributed by atoms with Gasteiger partial charge in [-0.1, -0.05) is 22.9 Å². The topological polar surface area (TPSA) is 62.7 Å². The second-order valence-electron chi connectivity index (χ2n) is 3.26. The largest absolute Gasteiger partial charge is 0.389 e. The third-order valence-corrected chi connectivity index (χ3v) is 3.37. The predicted molar refractivity (Wildman–Crippen MR) is 63.7 cm³/mol. The van der Waals surface area contributed by atoms with Crippen molar-refractivity contribution in [3.8, 4) is 0 Å². The van der Waals surface area contributed by atoms with Crippen molar-refractivity contribution in [1.29, 1.82) is 0 Å². The smallest absolute Gasteiger partial charge is 0.187 e. The Kier molecular flexibility index (Phi) is 5.14. The summed E-state index contributed by atoms with van der Waals surface area (Å²) < 4.78 is 4.81. The van der Waals surface area contributed by atoms with Crippen molar-refractivity contribution in [3.63, 3.8) is 0 Å². The molecule has 0 aliphatic carbocycles. The Labute approximate surface area is 103 Å². The Bertz CT molecular complexity index is 359. The van der Waals surface area contributed by atoms with E-state index in [1.165, 1.54) is 18.4 Å². The van der Waals surface area contributed by atoms with Crippen LogP contribution in [0.5, 0.6) is 0 Å². The van der Waals surface area contributed by atoms with E-state index in [1.54, 1.807) is 11.9 Å². The van der Waals surface area contributed by atoms with Gasteiger partial charge in [0.15, 0.2) is 16.6 Å². The number of likely N-dealkylation sites (N-methyl/N-ethyl adjacent to an activating group) is 1. The first kappa shape index (κ1) is 13.4. The number of carbonyl (C=O) groups is 1. The first-order valence-corrected chi connectivity index (χ1v) is 5.77. The van der Waals surface area contributed by atoms with E-state index in [0.29, 0.717) is 22.8 Å². The molecule has 90 valence electrons. The second kappa shape index (κ2) is 6.15. The van der Waals surface area contributed by atoms with E-state index in [9.17, 15) is 9.90 Å². The van der Waals surface area contributed by atoms with E-state index in [-0.39, 0.29) is 11.8 Å². The zero-order valence-corrected chi connectivity index (χ0v) is 10.6. The predicted octanol–water partition coefficient (Wildman–Crippen LogP) is 1.05. The molecular formula is C9H13ClN2O3S. The average Bonchev–Trinajstić information content (AvgIpc) is 2.60. The highest BCUT2D eigenvalue weighted by atomic mass is 35.5. The van der Waals surface area contributed by atoms with Crippen LogP contribution in [0.25, 0.3) is 0 Å². The Hall–Kier alpha value is -0.690. The lowest BCUT2D eigenvalue weighted by Gasteiger charge is -2.19. The standard InChI is InChI=1S/C9H13ClN2O3S/c1-12(3-6(14)5-15-2)9-11-8(10)7(4-13)16-9/h4,6,14H,3,5H2,1-2H3. The maximum Gasteiger partial charge on any atom is 0.187 e.